The van der Waals surface area contributed by atoms with Gasteiger partial charge < -0.3 is 4.74 Å². The van der Waals surface area contributed by atoms with Gasteiger partial charge in [-0.2, -0.15) is 4.98 Å². The molecule has 0 fully saturated rings. The summed E-state index contributed by atoms with van der Waals surface area (Å²) in [4.78, 5) is 8.14. The van der Waals surface area contributed by atoms with Gasteiger partial charge >= 0.3 is 0 Å². The summed E-state index contributed by atoms with van der Waals surface area (Å²) in [5.74, 6) is 0.301. The van der Waals surface area contributed by atoms with Crippen LogP contribution >= 0.6 is 35.0 Å². The highest BCUT2D eigenvalue weighted by Crippen LogP contribution is 2.26. The molecule has 0 saturated heterocycles. The first-order chi connectivity index (χ1) is 9.10. The number of methoxy groups -OCH3 is 1. The molecule has 0 aliphatic heterocycles. The van der Waals surface area contributed by atoms with Gasteiger partial charge in [0.1, 0.15) is 11.0 Å². The minimum absolute atomic E-state index is 0.0997. The molecule has 0 amide bonds. The van der Waals surface area contributed by atoms with Crippen LogP contribution < -0.4 is 4.74 Å². The summed E-state index contributed by atoms with van der Waals surface area (Å²) in [5.41, 5.74) is 0.486. The molecule has 1 heterocycles. The van der Waals surface area contributed by atoms with Crippen LogP contribution in [0.15, 0.2) is 29.4 Å². The van der Waals surface area contributed by atoms with Crippen molar-refractivity contribution >= 4 is 35.0 Å². The Labute approximate surface area is 124 Å². The minimum Gasteiger partial charge on any atom is -0.481 e. The Morgan fingerprint density at radius 3 is 2.84 bits per heavy atom. The molecule has 1 aromatic carbocycles. The maximum atomic E-state index is 13.7. The molecule has 0 aliphatic rings. The summed E-state index contributed by atoms with van der Waals surface area (Å²) in [6.07, 6.45) is 0. The zero-order valence-corrected chi connectivity index (χ0v) is 12.2. The molecule has 2 aromatic rings. The largest absolute Gasteiger partial charge is 0.481 e. The highest BCUT2D eigenvalue weighted by molar-refractivity contribution is 7.98. The lowest BCUT2D eigenvalue weighted by atomic mass is 10.2. The minimum atomic E-state index is -0.425. The van der Waals surface area contributed by atoms with Crippen molar-refractivity contribution in [1.82, 2.24) is 9.97 Å². The quantitative estimate of drug-likeness (QED) is 0.480. The third kappa shape index (κ3) is 3.72. The molecular weight excluding hydrogens is 310 g/mol. The fraction of sp³-hybridized carbons (Fsp3) is 0.167. The molecule has 19 heavy (non-hydrogen) atoms. The van der Waals surface area contributed by atoms with E-state index in [9.17, 15) is 4.39 Å². The van der Waals surface area contributed by atoms with Gasteiger partial charge in [0.05, 0.1) is 12.1 Å². The normalized spacial score (nSPS) is 10.5. The third-order valence-corrected chi connectivity index (χ3v) is 3.63. The van der Waals surface area contributed by atoms with E-state index >= 15 is 0 Å². The summed E-state index contributed by atoms with van der Waals surface area (Å²) in [6, 6.07) is 6.37. The summed E-state index contributed by atoms with van der Waals surface area (Å²) in [6.45, 7) is 0. The van der Waals surface area contributed by atoms with Crippen LogP contribution in [0, 0.1) is 5.82 Å². The second-order valence-corrected chi connectivity index (χ2v) is 5.25. The fourth-order valence-electron chi connectivity index (χ4n) is 1.35. The van der Waals surface area contributed by atoms with E-state index < -0.39 is 5.82 Å². The predicted octanol–water partition coefficient (Wildman–Crippen LogP) is 4.22. The molecule has 0 radical (unpaired) electrons. The van der Waals surface area contributed by atoms with Crippen molar-refractivity contribution in [1.29, 1.82) is 0 Å². The van der Waals surface area contributed by atoms with Crippen molar-refractivity contribution in [3.8, 4) is 5.88 Å². The Kier molecular flexibility index (Phi) is 4.85. The second kappa shape index (κ2) is 6.41. The van der Waals surface area contributed by atoms with Crippen molar-refractivity contribution in [2.45, 2.75) is 10.9 Å². The lowest BCUT2D eigenvalue weighted by molar-refractivity contribution is 0.392. The van der Waals surface area contributed by atoms with Gasteiger partial charge in [-0.15, -0.1) is 0 Å². The number of ether oxygens (including phenoxy) is 1. The Morgan fingerprint density at radius 1 is 1.32 bits per heavy atom. The van der Waals surface area contributed by atoms with Crippen LogP contribution in [-0.4, -0.2) is 17.1 Å². The molecule has 1 aromatic heterocycles. The van der Waals surface area contributed by atoms with Gasteiger partial charge in [0.2, 0.25) is 5.88 Å². The molecule has 0 atom stereocenters. The number of aromatic nitrogens is 2. The number of hydrogen-bond donors (Lipinski definition) is 0. The summed E-state index contributed by atoms with van der Waals surface area (Å²) in [5, 5.41) is 0.798. The van der Waals surface area contributed by atoms with Gasteiger partial charge in [0.15, 0.2) is 5.16 Å². The number of nitrogens with zero attached hydrogens (tertiary/aromatic N) is 2. The smallest absolute Gasteiger partial charge is 0.218 e. The number of thioether (sulfide) groups is 1. The summed E-state index contributed by atoms with van der Waals surface area (Å²) >= 11 is 12.8. The Morgan fingerprint density at radius 2 is 2.11 bits per heavy atom. The van der Waals surface area contributed by atoms with Crippen LogP contribution in [0.1, 0.15) is 5.56 Å². The number of benzene rings is 1. The van der Waals surface area contributed by atoms with Crippen LogP contribution in [0.3, 0.4) is 0 Å². The number of hydrogen-bond acceptors (Lipinski definition) is 4. The molecule has 0 aliphatic carbocycles. The highest BCUT2D eigenvalue weighted by atomic mass is 35.5. The number of halogens is 3. The van der Waals surface area contributed by atoms with E-state index in [-0.39, 0.29) is 10.2 Å². The first kappa shape index (κ1) is 14.4. The molecule has 0 spiro atoms. The van der Waals surface area contributed by atoms with Crippen LogP contribution in [0.2, 0.25) is 10.2 Å². The number of rotatable bonds is 4. The molecule has 2 rings (SSSR count). The summed E-state index contributed by atoms with van der Waals surface area (Å²) < 4.78 is 18.7. The predicted molar refractivity (Wildman–Crippen MR) is 74.6 cm³/mol. The Balaban J connectivity index is 2.14. The summed E-state index contributed by atoms with van der Waals surface area (Å²) in [7, 11) is 1.49. The van der Waals surface area contributed by atoms with Crippen LogP contribution in [0.25, 0.3) is 0 Å². The maximum absolute atomic E-state index is 13.7. The van der Waals surface area contributed by atoms with E-state index in [1.807, 2.05) is 0 Å². The molecule has 0 N–H and O–H groups in total. The molecule has 0 bridgehead atoms. The molecule has 0 saturated carbocycles. The van der Waals surface area contributed by atoms with Crippen LogP contribution in [0.4, 0.5) is 4.39 Å². The van der Waals surface area contributed by atoms with Gasteiger partial charge in [0, 0.05) is 11.8 Å². The van der Waals surface area contributed by atoms with Gasteiger partial charge in [-0.05, 0) is 11.6 Å². The van der Waals surface area contributed by atoms with E-state index in [1.54, 1.807) is 12.1 Å². The Hall–Kier alpha value is -1.04. The van der Waals surface area contributed by atoms with Gasteiger partial charge in [-0.1, -0.05) is 47.1 Å². The molecule has 0 unspecified atom stereocenters. The molecule has 100 valence electrons. The van der Waals surface area contributed by atoms with E-state index in [2.05, 4.69) is 9.97 Å². The average Bonchev–Trinajstić information content (AvgIpc) is 2.40. The van der Waals surface area contributed by atoms with E-state index in [0.717, 1.165) is 0 Å². The van der Waals surface area contributed by atoms with E-state index in [4.69, 9.17) is 27.9 Å². The monoisotopic (exact) mass is 318 g/mol. The Bertz CT molecular complexity index is 598. The highest BCUT2D eigenvalue weighted by Gasteiger charge is 2.09. The third-order valence-electron chi connectivity index (χ3n) is 2.25. The lowest BCUT2D eigenvalue weighted by Crippen LogP contribution is -1.94. The van der Waals surface area contributed by atoms with Crippen molar-refractivity contribution in [3.05, 3.63) is 45.8 Å². The first-order valence-corrected chi connectivity index (χ1v) is 6.98. The second-order valence-electron chi connectivity index (χ2n) is 3.52. The van der Waals surface area contributed by atoms with Gasteiger partial charge in [0.25, 0.3) is 0 Å². The van der Waals surface area contributed by atoms with Crippen LogP contribution in [-0.2, 0) is 5.75 Å². The molecular formula is C12H9Cl2FN2OS. The van der Waals surface area contributed by atoms with Crippen molar-refractivity contribution in [2.24, 2.45) is 0 Å². The fourth-order valence-corrected chi connectivity index (χ4v) is 2.59. The van der Waals surface area contributed by atoms with Gasteiger partial charge in [-0.25, -0.2) is 9.37 Å². The van der Waals surface area contributed by atoms with Crippen molar-refractivity contribution in [2.75, 3.05) is 7.11 Å². The van der Waals surface area contributed by atoms with Crippen LogP contribution in [0.5, 0.6) is 5.88 Å². The standard InChI is InChI=1S/C12H9Cl2FN2OS/c1-18-10-5-9(14)16-12(17-10)19-6-7-3-2-4-8(13)11(7)15/h2-5H,6H2,1H3. The maximum Gasteiger partial charge on any atom is 0.218 e. The molecule has 3 nitrogen and oxygen atoms in total. The zero-order valence-electron chi connectivity index (χ0n) is 9.86. The topological polar surface area (TPSA) is 35.0 Å². The first-order valence-electron chi connectivity index (χ1n) is 5.24. The average molecular weight is 319 g/mol. The lowest BCUT2D eigenvalue weighted by Gasteiger charge is -2.05. The van der Waals surface area contributed by atoms with Crippen molar-refractivity contribution in [3.63, 3.8) is 0 Å². The van der Waals surface area contributed by atoms with Crippen molar-refractivity contribution < 1.29 is 9.13 Å². The van der Waals surface area contributed by atoms with Gasteiger partial charge in [-0.3, -0.25) is 0 Å². The SMILES string of the molecule is COc1cc(Cl)nc(SCc2cccc(Cl)c2F)n1. The van der Waals surface area contributed by atoms with E-state index in [1.165, 1.54) is 31.0 Å². The zero-order chi connectivity index (χ0) is 13.8. The van der Waals surface area contributed by atoms with E-state index in [0.29, 0.717) is 22.4 Å². The molecule has 7 heteroatoms.